The normalized spacial score (nSPS) is 15.0. The van der Waals surface area contributed by atoms with Gasteiger partial charge in [0.15, 0.2) is 0 Å². The van der Waals surface area contributed by atoms with E-state index in [2.05, 4.69) is 20.9 Å². The highest BCUT2D eigenvalue weighted by Gasteiger charge is 2.31. The molecule has 0 aliphatic rings. The van der Waals surface area contributed by atoms with E-state index in [0.717, 1.165) is 16.5 Å². The van der Waals surface area contributed by atoms with E-state index in [1.807, 2.05) is 38.1 Å². The Morgan fingerprint density at radius 3 is 1.93 bits per heavy atom. The van der Waals surface area contributed by atoms with Crippen molar-refractivity contribution in [2.24, 2.45) is 23.1 Å². The van der Waals surface area contributed by atoms with Gasteiger partial charge in [0.05, 0.1) is 6.04 Å². The Kier molecular flexibility index (Phi) is 14.3. The van der Waals surface area contributed by atoms with Gasteiger partial charge < -0.3 is 43.2 Å². The lowest BCUT2D eigenvalue weighted by Crippen LogP contribution is -2.57. The van der Waals surface area contributed by atoms with E-state index in [4.69, 9.17) is 17.2 Å². The summed E-state index contributed by atoms with van der Waals surface area (Å²) in [6.07, 6.45) is 5.46. The molecule has 5 unspecified atom stereocenters. The van der Waals surface area contributed by atoms with Gasteiger partial charge in [-0.1, -0.05) is 38.5 Å². The number of unbranched alkanes of at least 4 members (excludes halogenated alkanes) is 2. The van der Waals surface area contributed by atoms with Gasteiger partial charge in [0.25, 0.3) is 0 Å². The van der Waals surface area contributed by atoms with Gasteiger partial charge >= 0.3 is 5.97 Å². The molecule has 12 heteroatoms. The van der Waals surface area contributed by atoms with Crippen LogP contribution >= 0.6 is 0 Å². The number of amides is 3. The molecule has 41 heavy (non-hydrogen) atoms. The molecule has 1 heterocycles. The zero-order chi connectivity index (χ0) is 30.4. The van der Waals surface area contributed by atoms with Crippen LogP contribution in [-0.2, 0) is 25.6 Å². The molecule has 0 radical (unpaired) electrons. The highest BCUT2D eigenvalue weighted by molar-refractivity contribution is 5.94. The molecule has 12 nitrogen and oxygen atoms in total. The predicted octanol–water partition coefficient (Wildman–Crippen LogP) is 0.881. The van der Waals surface area contributed by atoms with Gasteiger partial charge in [-0.15, -0.1) is 0 Å². The summed E-state index contributed by atoms with van der Waals surface area (Å²) in [6.45, 7) is 4.63. The minimum atomic E-state index is -1.22. The smallest absolute Gasteiger partial charge is 0.326 e. The molecule has 2 aromatic rings. The zero-order valence-electron chi connectivity index (χ0n) is 24.2. The predicted molar refractivity (Wildman–Crippen MR) is 159 cm³/mol. The lowest BCUT2D eigenvalue weighted by Gasteiger charge is -2.26. The topological polar surface area (TPSA) is 218 Å². The van der Waals surface area contributed by atoms with Crippen molar-refractivity contribution in [1.82, 2.24) is 20.9 Å². The van der Waals surface area contributed by atoms with Crippen LogP contribution in [0.25, 0.3) is 10.9 Å². The summed E-state index contributed by atoms with van der Waals surface area (Å²) in [4.78, 5) is 54.8. The summed E-state index contributed by atoms with van der Waals surface area (Å²) in [5.74, 6) is -2.88. The number of aromatic amines is 1. The van der Waals surface area contributed by atoms with Gasteiger partial charge in [-0.25, -0.2) is 4.79 Å². The number of carbonyl (C=O) groups excluding carboxylic acids is 3. The molecule has 11 N–H and O–H groups in total. The van der Waals surface area contributed by atoms with Crippen molar-refractivity contribution < 1.29 is 24.3 Å². The molecule has 2 rings (SSSR count). The van der Waals surface area contributed by atoms with E-state index in [1.54, 1.807) is 6.20 Å². The monoisotopic (exact) mass is 573 g/mol. The average Bonchev–Trinajstić information content (AvgIpc) is 3.37. The summed E-state index contributed by atoms with van der Waals surface area (Å²) >= 11 is 0. The average molecular weight is 574 g/mol. The molecule has 0 saturated heterocycles. The quantitative estimate of drug-likeness (QED) is 0.112. The molecule has 0 aliphatic heterocycles. The number of para-hydroxylation sites is 1. The van der Waals surface area contributed by atoms with Crippen LogP contribution in [0.4, 0.5) is 0 Å². The fraction of sp³-hybridized carbons (Fsp3) is 0.586. The van der Waals surface area contributed by atoms with E-state index >= 15 is 0 Å². The molecule has 0 spiro atoms. The molecular formula is C29H47N7O5. The molecule has 0 aliphatic carbocycles. The molecular weight excluding hydrogens is 526 g/mol. The summed E-state index contributed by atoms with van der Waals surface area (Å²) in [5, 5.41) is 18.9. The Hall–Kier alpha value is -3.48. The number of aromatic nitrogens is 1. The minimum Gasteiger partial charge on any atom is -0.480 e. The van der Waals surface area contributed by atoms with E-state index < -0.39 is 47.9 Å². The van der Waals surface area contributed by atoms with Crippen LogP contribution in [-0.4, -0.2) is 71.0 Å². The first-order chi connectivity index (χ1) is 19.6. The van der Waals surface area contributed by atoms with Crippen molar-refractivity contribution in [3.63, 3.8) is 0 Å². The Balaban J connectivity index is 2.19. The van der Waals surface area contributed by atoms with Crippen LogP contribution in [0.5, 0.6) is 0 Å². The number of carbonyl (C=O) groups is 4. The molecule has 3 amide bonds. The molecule has 1 aromatic carbocycles. The number of H-pyrrole nitrogens is 1. The third-order valence-corrected chi connectivity index (χ3v) is 7.43. The van der Waals surface area contributed by atoms with Gasteiger partial charge in [0.2, 0.25) is 17.7 Å². The van der Waals surface area contributed by atoms with Crippen LogP contribution in [0.2, 0.25) is 0 Å². The maximum Gasteiger partial charge on any atom is 0.326 e. The van der Waals surface area contributed by atoms with E-state index in [0.29, 0.717) is 51.6 Å². The lowest BCUT2D eigenvalue weighted by atomic mass is 9.98. The summed E-state index contributed by atoms with van der Waals surface area (Å²) in [6, 6.07) is 3.55. The summed E-state index contributed by atoms with van der Waals surface area (Å²) < 4.78 is 0. The minimum absolute atomic E-state index is 0.0554. The number of nitrogens with one attached hydrogen (secondary N) is 4. The largest absolute Gasteiger partial charge is 0.480 e. The van der Waals surface area contributed by atoms with Crippen molar-refractivity contribution in [2.75, 3.05) is 13.1 Å². The third-order valence-electron chi connectivity index (χ3n) is 7.43. The first-order valence-corrected chi connectivity index (χ1v) is 14.5. The third kappa shape index (κ3) is 10.5. The molecule has 0 fully saturated rings. The van der Waals surface area contributed by atoms with E-state index in [1.165, 1.54) is 0 Å². The van der Waals surface area contributed by atoms with E-state index in [9.17, 15) is 24.3 Å². The Morgan fingerprint density at radius 1 is 0.854 bits per heavy atom. The number of benzene rings is 1. The standard InChI is InChI=1S/C29H47N7O5/c1-3-18(2)25(32)28(39)35-23(13-7-9-15-31)26(37)34-22(12-6-8-14-30)27(38)36-24(29(40)41)16-19-17-33-21-11-5-4-10-20(19)21/h4-5,10-11,17-18,22-25,33H,3,6-9,12-16,30-32H2,1-2H3,(H,34,37)(H,35,39)(H,36,38)(H,40,41). The number of carboxylic acids is 1. The maximum atomic E-state index is 13.4. The first kappa shape index (κ1) is 33.7. The number of aliphatic carboxylic acids is 1. The van der Waals surface area contributed by atoms with E-state index in [-0.39, 0.29) is 18.8 Å². The second-order valence-corrected chi connectivity index (χ2v) is 10.6. The van der Waals surface area contributed by atoms with Crippen molar-refractivity contribution in [1.29, 1.82) is 0 Å². The molecule has 0 bridgehead atoms. The van der Waals surface area contributed by atoms with Crippen LogP contribution < -0.4 is 33.2 Å². The number of rotatable bonds is 19. The lowest BCUT2D eigenvalue weighted by molar-refractivity contribution is -0.142. The SMILES string of the molecule is CCC(C)C(N)C(=O)NC(CCCCN)C(=O)NC(CCCCN)C(=O)NC(Cc1c[nH]c2ccccc12)C(=O)O. The number of carboxylic acid groups (broad SMARTS) is 1. The van der Waals surface area contributed by atoms with Crippen molar-refractivity contribution in [2.45, 2.75) is 89.4 Å². The second-order valence-electron chi connectivity index (χ2n) is 10.6. The number of hydrogen-bond donors (Lipinski definition) is 8. The summed E-state index contributed by atoms with van der Waals surface area (Å²) in [7, 11) is 0. The summed E-state index contributed by atoms with van der Waals surface area (Å²) in [5.41, 5.74) is 18.9. The number of hydrogen-bond acceptors (Lipinski definition) is 7. The fourth-order valence-electron chi connectivity index (χ4n) is 4.57. The Labute approximate surface area is 241 Å². The van der Waals surface area contributed by atoms with Crippen molar-refractivity contribution in [3.8, 4) is 0 Å². The van der Waals surface area contributed by atoms with Crippen LogP contribution in [0.1, 0.15) is 64.4 Å². The van der Waals surface area contributed by atoms with Crippen molar-refractivity contribution >= 4 is 34.6 Å². The first-order valence-electron chi connectivity index (χ1n) is 14.5. The fourth-order valence-corrected chi connectivity index (χ4v) is 4.57. The second kappa shape index (κ2) is 17.4. The molecule has 0 saturated carbocycles. The Morgan fingerprint density at radius 2 is 1.39 bits per heavy atom. The van der Waals surface area contributed by atoms with Gasteiger partial charge in [-0.3, -0.25) is 14.4 Å². The van der Waals surface area contributed by atoms with Gasteiger partial charge in [0, 0.05) is 23.5 Å². The van der Waals surface area contributed by atoms with Gasteiger partial charge in [0.1, 0.15) is 18.1 Å². The van der Waals surface area contributed by atoms with Crippen LogP contribution in [0, 0.1) is 5.92 Å². The molecule has 5 atom stereocenters. The highest BCUT2D eigenvalue weighted by Crippen LogP contribution is 2.19. The Bertz CT molecular complexity index is 1140. The zero-order valence-corrected chi connectivity index (χ0v) is 24.2. The van der Waals surface area contributed by atoms with Gasteiger partial charge in [-0.2, -0.15) is 0 Å². The number of fused-ring (bicyclic) bond motifs is 1. The molecule has 228 valence electrons. The van der Waals surface area contributed by atoms with Crippen LogP contribution in [0.15, 0.2) is 30.5 Å². The van der Waals surface area contributed by atoms with Gasteiger partial charge in [-0.05, 0) is 69.2 Å². The maximum absolute atomic E-state index is 13.4. The van der Waals surface area contributed by atoms with Crippen molar-refractivity contribution in [3.05, 3.63) is 36.0 Å². The highest BCUT2D eigenvalue weighted by atomic mass is 16.4. The molecule has 1 aromatic heterocycles. The number of nitrogens with two attached hydrogens (primary N) is 3. The van der Waals surface area contributed by atoms with Crippen LogP contribution in [0.3, 0.4) is 0 Å².